The van der Waals surface area contributed by atoms with Crippen molar-refractivity contribution in [3.63, 3.8) is 0 Å². The van der Waals surface area contributed by atoms with Crippen molar-refractivity contribution in [2.75, 3.05) is 19.9 Å². The molecular formula is C12H15NO5. The van der Waals surface area contributed by atoms with E-state index in [0.29, 0.717) is 13.2 Å². The summed E-state index contributed by atoms with van der Waals surface area (Å²) in [6.45, 7) is 4.29. The molecule has 1 amide bonds. The SMILES string of the molecule is CC(=O)OCN1C(=O)[C@@H]2C(C3(C)OCCO3)=C[C@@H]21. The van der Waals surface area contributed by atoms with E-state index in [2.05, 4.69) is 0 Å². The molecule has 3 aliphatic rings. The Morgan fingerprint density at radius 2 is 2.22 bits per heavy atom. The van der Waals surface area contributed by atoms with Crippen LogP contribution in [-0.2, 0) is 23.8 Å². The average molecular weight is 253 g/mol. The average Bonchev–Trinajstić information content (AvgIpc) is 2.69. The zero-order valence-electron chi connectivity index (χ0n) is 10.3. The summed E-state index contributed by atoms with van der Waals surface area (Å²) in [5.74, 6) is -1.32. The Labute approximate surface area is 104 Å². The van der Waals surface area contributed by atoms with Gasteiger partial charge in [-0.2, -0.15) is 0 Å². The highest BCUT2D eigenvalue weighted by atomic mass is 16.7. The predicted octanol–water partition coefficient (Wildman–Crippen LogP) is 0.0370. The second-order valence-electron chi connectivity index (χ2n) is 4.81. The number of β-lactam (4-membered cyclic amide) rings is 1. The monoisotopic (exact) mass is 253 g/mol. The smallest absolute Gasteiger partial charge is 0.304 e. The minimum Gasteiger partial charge on any atom is -0.444 e. The van der Waals surface area contributed by atoms with E-state index >= 15 is 0 Å². The summed E-state index contributed by atoms with van der Waals surface area (Å²) in [5, 5.41) is 0. The number of fused-ring (bicyclic) bond motifs is 1. The first-order valence-corrected chi connectivity index (χ1v) is 5.97. The molecule has 0 radical (unpaired) electrons. The van der Waals surface area contributed by atoms with Crippen molar-refractivity contribution in [3.8, 4) is 0 Å². The Morgan fingerprint density at radius 1 is 1.56 bits per heavy atom. The van der Waals surface area contributed by atoms with Gasteiger partial charge in [0.05, 0.1) is 25.2 Å². The molecule has 2 heterocycles. The van der Waals surface area contributed by atoms with Crippen LogP contribution in [0, 0.1) is 5.92 Å². The van der Waals surface area contributed by atoms with Crippen molar-refractivity contribution in [2.45, 2.75) is 25.7 Å². The van der Waals surface area contributed by atoms with Crippen molar-refractivity contribution in [1.29, 1.82) is 0 Å². The van der Waals surface area contributed by atoms with Gasteiger partial charge in [0.25, 0.3) is 0 Å². The molecule has 3 rings (SSSR count). The third kappa shape index (κ3) is 1.49. The molecule has 6 nitrogen and oxygen atoms in total. The van der Waals surface area contributed by atoms with E-state index in [1.54, 1.807) is 0 Å². The standard InChI is InChI=1S/C12H15NO5/c1-7(14)16-6-13-9-5-8(10(9)11(13)15)12(2)17-3-4-18-12/h5,9-10H,3-4,6H2,1-2H3/t9-,10+/m0/s1. The first kappa shape index (κ1) is 11.7. The van der Waals surface area contributed by atoms with Crippen LogP contribution in [0.2, 0.25) is 0 Å². The lowest BCUT2D eigenvalue weighted by Gasteiger charge is -2.54. The summed E-state index contributed by atoms with van der Waals surface area (Å²) in [4.78, 5) is 24.2. The van der Waals surface area contributed by atoms with Crippen LogP contribution in [-0.4, -0.2) is 48.5 Å². The fourth-order valence-corrected chi connectivity index (χ4v) is 2.67. The van der Waals surface area contributed by atoms with Gasteiger partial charge in [-0.3, -0.25) is 9.59 Å². The Hall–Kier alpha value is -1.40. The van der Waals surface area contributed by atoms with Gasteiger partial charge >= 0.3 is 5.97 Å². The molecular weight excluding hydrogens is 238 g/mol. The number of esters is 1. The van der Waals surface area contributed by atoms with Gasteiger partial charge in [0, 0.05) is 12.5 Å². The molecule has 0 bridgehead atoms. The van der Waals surface area contributed by atoms with Crippen molar-refractivity contribution in [2.24, 2.45) is 5.92 Å². The van der Waals surface area contributed by atoms with E-state index in [9.17, 15) is 9.59 Å². The van der Waals surface area contributed by atoms with Crippen LogP contribution < -0.4 is 0 Å². The summed E-state index contributed by atoms with van der Waals surface area (Å²) in [6.07, 6.45) is 1.96. The van der Waals surface area contributed by atoms with Gasteiger partial charge in [-0.1, -0.05) is 6.08 Å². The Balaban J connectivity index is 1.67. The number of likely N-dealkylation sites (tertiary alicyclic amines) is 1. The van der Waals surface area contributed by atoms with E-state index < -0.39 is 5.79 Å². The molecule has 98 valence electrons. The second kappa shape index (κ2) is 3.80. The van der Waals surface area contributed by atoms with Crippen molar-refractivity contribution < 1.29 is 23.8 Å². The number of rotatable bonds is 3. The molecule has 0 aromatic rings. The largest absolute Gasteiger partial charge is 0.444 e. The number of hydrogen-bond acceptors (Lipinski definition) is 5. The predicted molar refractivity (Wildman–Crippen MR) is 59.1 cm³/mol. The van der Waals surface area contributed by atoms with E-state index in [0.717, 1.165) is 5.57 Å². The molecule has 0 aromatic carbocycles. The molecule has 0 saturated carbocycles. The second-order valence-corrected chi connectivity index (χ2v) is 4.81. The van der Waals surface area contributed by atoms with Crippen LogP contribution in [0.4, 0.5) is 0 Å². The number of ether oxygens (including phenoxy) is 3. The van der Waals surface area contributed by atoms with Gasteiger partial charge in [0.15, 0.2) is 12.5 Å². The molecule has 0 aromatic heterocycles. The summed E-state index contributed by atoms with van der Waals surface area (Å²) < 4.78 is 15.9. The molecule has 0 N–H and O–H groups in total. The summed E-state index contributed by atoms with van der Waals surface area (Å²) in [6, 6.07) is 0.0245. The van der Waals surface area contributed by atoms with Crippen molar-refractivity contribution in [1.82, 2.24) is 4.90 Å². The van der Waals surface area contributed by atoms with E-state index in [-0.39, 0.29) is 30.6 Å². The van der Waals surface area contributed by atoms with Gasteiger partial charge in [-0.15, -0.1) is 0 Å². The highest BCUT2D eigenvalue weighted by Gasteiger charge is 2.60. The zero-order valence-corrected chi connectivity index (χ0v) is 10.3. The van der Waals surface area contributed by atoms with E-state index in [4.69, 9.17) is 14.2 Å². The number of carbonyl (C=O) groups is 2. The number of nitrogens with zero attached hydrogens (tertiary/aromatic N) is 1. The minimum absolute atomic E-state index is 0.0245. The van der Waals surface area contributed by atoms with Crippen LogP contribution >= 0.6 is 0 Å². The van der Waals surface area contributed by atoms with E-state index in [1.807, 2.05) is 13.0 Å². The maximum absolute atomic E-state index is 11.9. The maximum atomic E-state index is 11.9. The van der Waals surface area contributed by atoms with Gasteiger partial charge in [-0.25, -0.2) is 0 Å². The molecule has 2 fully saturated rings. The van der Waals surface area contributed by atoms with Crippen molar-refractivity contribution >= 4 is 11.9 Å². The third-order valence-corrected chi connectivity index (χ3v) is 3.71. The van der Waals surface area contributed by atoms with Gasteiger partial charge < -0.3 is 19.1 Å². The fourth-order valence-electron chi connectivity index (χ4n) is 2.67. The lowest BCUT2D eigenvalue weighted by molar-refractivity contribution is -0.178. The Bertz CT molecular complexity index is 438. The Kier molecular flexibility index (Phi) is 2.46. The maximum Gasteiger partial charge on any atom is 0.304 e. The molecule has 1 aliphatic carbocycles. The normalized spacial score (nSPS) is 32.2. The third-order valence-electron chi connectivity index (χ3n) is 3.71. The van der Waals surface area contributed by atoms with Crippen LogP contribution in [0.25, 0.3) is 0 Å². The van der Waals surface area contributed by atoms with Gasteiger partial charge in [0.1, 0.15) is 0 Å². The Morgan fingerprint density at radius 3 is 2.78 bits per heavy atom. The molecule has 6 heteroatoms. The molecule has 0 spiro atoms. The fraction of sp³-hybridized carbons (Fsp3) is 0.667. The van der Waals surface area contributed by atoms with Crippen LogP contribution in [0.1, 0.15) is 13.8 Å². The highest BCUT2D eigenvalue weighted by molar-refractivity contribution is 5.93. The summed E-state index contributed by atoms with van der Waals surface area (Å²) in [7, 11) is 0. The van der Waals surface area contributed by atoms with Gasteiger partial charge in [0.2, 0.25) is 5.91 Å². The lowest BCUT2D eigenvalue weighted by atomic mass is 9.68. The number of amides is 1. The van der Waals surface area contributed by atoms with Crippen LogP contribution in [0.5, 0.6) is 0 Å². The highest BCUT2D eigenvalue weighted by Crippen LogP contribution is 2.49. The first-order valence-electron chi connectivity index (χ1n) is 5.97. The topological polar surface area (TPSA) is 65.1 Å². The van der Waals surface area contributed by atoms with Gasteiger partial charge in [-0.05, 0) is 6.92 Å². The van der Waals surface area contributed by atoms with Crippen molar-refractivity contribution in [3.05, 3.63) is 11.6 Å². The zero-order chi connectivity index (χ0) is 12.9. The van der Waals surface area contributed by atoms with Crippen LogP contribution in [0.15, 0.2) is 11.6 Å². The first-order chi connectivity index (χ1) is 8.53. The minimum atomic E-state index is -0.746. The molecule has 2 atom stereocenters. The molecule has 0 unspecified atom stereocenters. The quantitative estimate of drug-likeness (QED) is 0.403. The number of carbonyl (C=O) groups excluding carboxylic acids is 2. The van der Waals surface area contributed by atoms with Crippen LogP contribution in [0.3, 0.4) is 0 Å². The summed E-state index contributed by atoms with van der Waals surface area (Å²) in [5.41, 5.74) is 0.897. The number of hydrogen-bond donors (Lipinski definition) is 0. The summed E-state index contributed by atoms with van der Waals surface area (Å²) >= 11 is 0. The lowest BCUT2D eigenvalue weighted by Crippen LogP contribution is -2.68. The molecule has 2 aliphatic heterocycles. The molecule has 2 saturated heterocycles. The van der Waals surface area contributed by atoms with E-state index in [1.165, 1.54) is 11.8 Å². The molecule has 18 heavy (non-hydrogen) atoms.